The highest BCUT2D eigenvalue weighted by molar-refractivity contribution is 7.89. The zero-order valence-corrected chi connectivity index (χ0v) is 16.5. The van der Waals surface area contributed by atoms with Crippen molar-refractivity contribution in [3.8, 4) is 0 Å². The first-order chi connectivity index (χ1) is 13.0. The fraction of sp³-hybridized carbons (Fsp3) is 0.350. The summed E-state index contributed by atoms with van der Waals surface area (Å²) in [4.78, 5) is 12.5. The Labute approximate surface area is 165 Å². The quantitative estimate of drug-likeness (QED) is 0.801. The van der Waals surface area contributed by atoms with Gasteiger partial charge >= 0.3 is 0 Å². The van der Waals surface area contributed by atoms with Crippen LogP contribution in [0.5, 0.6) is 0 Å². The molecule has 0 spiro atoms. The lowest BCUT2D eigenvalue weighted by Crippen LogP contribution is -2.41. The number of nitrogens with zero attached hydrogens (tertiary/aromatic N) is 1. The molecule has 0 saturated carbocycles. The number of hydrogen-bond acceptors (Lipinski definition) is 3. The Bertz CT molecular complexity index is 879. The highest BCUT2D eigenvalue weighted by Crippen LogP contribution is 2.23. The largest absolute Gasteiger partial charge is 0.356 e. The zero-order chi connectivity index (χ0) is 19.3. The number of carbonyl (C=O) groups excluding carboxylic acids is 1. The summed E-state index contributed by atoms with van der Waals surface area (Å²) in [7, 11) is -3.43. The van der Waals surface area contributed by atoms with Gasteiger partial charge in [0, 0.05) is 24.7 Å². The maximum Gasteiger partial charge on any atom is 0.243 e. The van der Waals surface area contributed by atoms with E-state index in [9.17, 15) is 13.2 Å². The number of carbonyl (C=O) groups is 1. The molecule has 1 amide bonds. The van der Waals surface area contributed by atoms with Crippen LogP contribution in [-0.2, 0) is 21.2 Å². The minimum Gasteiger partial charge on any atom is -0.356 e. The molecule has 1 aliphatic heterocycles. The van der Waals surface area contributed by atoms with E-state index >= 15 is 0 Å². The van der Waals surface area contributed by atoms with E-state index in [4.69, 9.17) is 11.6 Å². The van der Waals surface area contributed by atoms with Gasteiger partial charge in [-0.2, -0.15) is 4.31 Å². The molecule has 0 bridgehead atoms. The highest BCUT2D eigenvalue weighted by atomic mass is 35.5. The van der Waals surface area contributed by atoms with Crippen LogP contribution >= 0.6 is 11.6 Å². The van der Waals surface area contributed by atoms with E-state index in [0.717, 1.165) is 18.4 Å². The number of benzene rings is 2. The lowest BCUT2D eigenvalue weighted by atomic mass is 9.98. The summed E-state index contributed by atoms with van der Waals surface area (Å²) in [6, 6.07) is 15.8. The first kappa shape index (κ1) is 19.9. The predicted octanol–water partition coefficient (Wildman–Crippen LogP) is 3.10. The zero-order valence-electron chi connectivity index (χ0n) is 15.0. The highest BCUT2D eigenvalue weighted by Gasteiger charge is 2.29. The van der Waals surface area contributed by atoms with Gasteiger partial charge < -0.3 is 5.32 Å². The average molecular weight is 407 g/mol. The fourth-order valence-electron chi connectivity index (χ4n) is 3.23. The summed E-state index contributed by atoms with van der Waals surface area (Å²) in [5.74, 6) is 0.213. The normalized spacial score (nSPS) is 16.2. The Hall–Kier alpha value is -1.89. The second-order valence-corrected chi connectivity index (χ2v) is 9.08. The molecule has 0 aromatic heterocycles. The Morgan fingerprint density at radius 1 is 1.04 bits per heavy atom. The molecule has 1 fully saturated rings. The van der Waals surface area contributed by atoms with E-state index in [-0.39, 0.29) is 18.2 Å². The molecule has 1 N–H and O–H groups in total. The maximum absolute atomic E-state index is 12.6. The Morgan fingerprint density at radius 3 is 2.33 bits per heavy atom. The van der Waals surface area contributed by atoms with Gasteiger partial charge in [-0.3, -0.25) is 4.79 Å². The molecule has 0 atom stereocenters. The van der Waals surface area contributed by atoms with Gasteiger partial charge in [0.25, 0.3) is 0 Å². The van der Waals surface area contributed by atoms with Crippen LogP contribution in [0.1, 0.15) is 18.4 Å². The van der Waals surface area contributed by atoms with Crippen molar-refractivity contribution in [2.75, 3.05) is 19.6 Å². The number of nitrogens with one attached hydrogen (secondary N) is 1. The summed E-state index contributed by atoms with van der Waals surface area (Å²) in [6.07, 6.45) is 1.72. The molecular weight excluding hydrogens is 384 g/mol. The van der Waals surface area contributed by atoms with Crippen molar-refractivity contribution in [1.29, 1.82) is 0 Å². The lowest BCUT2D eigenvalue weighted by Gasteiger charge is -2.31. The van der Waals surface area contributed by atoms with Gasteiger partial charge in [0.1, 0.15) is 0 Å². The standard InChI is InChI=1S/C20H23ClN2O3S/c21-19-9-5-4-6-17(19)14-20(24)22-15-16-10-12-23(13-11-16)27(25,26)18-7-2-1-3-8-18/h1-9,16H,10-15H2,(H,22,24). The van der Waals surface area contributed by atoms with Crippen LogP contribution in [0.15, 0.2) is 59.5 Å². The Kier molecular flexibility index (Phi) is 6.52. The average Bonchev–Trinajstić information content (AvgIpc) is 2.69. The minimum absolute atomic E-state index is 0.0672. The van der Waals surface area contributed by atoms with E-state index < -0.39 is 10.0 Å². The van der Waals surface area contributed by atoms with Gasteiger partial charge in [0.15, 0.2) is 0 Å². The monoisotopic (exact) mass is 406 g/mol. The van der Waals surface area contributed by atoms with Gasteiger partial charge in [-0.1, -0.05) is 48.0 Å². The number of rotatable bonds is 6. The van der Waals surface area contributed by atoms with Crippen LogP contribution in [0.3, 0.4) is 0 Å². The van der Waals surface area contributed by atoms with Crippen molar-refractivity contribution in [2.24, 2.45) is 5.92 Å². The second-order valence-electron chi connectivity index (χ2n) is 6.73. The molecule has 0 radical (unpaired) electrons. The third-order valence-electron chi connectivity index (χ3n) is 4.85. The molecule has 144 valence electrons. The van der Waals surface area contributed by atoms with Crippen molar-refractivity contribution in [1.82, 2.24) is 9.62 Å². The fourth-order valence-corrected chi connectivity index (χ4v) is 4.92. The molecule has 0 unspecified atom stereocenters. The van der Waals surface area contributed by atoms with E-state index in [1.54, 1.807) is 36.4 Å². The number of sulfonamides is 1. The minimum atomic E-state index is -3.43. The van der Waals surface area contributed by atoms with Crippen molar-refractivity contribution >= 4 is 27.5 Å². The SMILES string of the molecule is O=C(Cc1ccccc1Cl)NCC1CCN(S(=O)(=O)c2ccccc2)CC1. The van der Waals surface area contributed by atoms with Crippen LogP contribution in [0.2, 0.25) is 5.02 Å². The molecule has 1 aliphatic rings. The Balaban J connectivity index is 1.47. The topological polar surface area (TPSA) is 66.5 Å². The summed E-state index contributed by atoms with van der Waals surface area (Å²) < 4.78 is 26.8. The van der Waals surface area contributed by atoms with Gasteiger partial charge in [0.2, 0.25) is 15.9 Å². The molecule has 1 saturated heterocycles. The molecule has 27 heavy (non-hydrogen) atoms. The molecule has 7 heteroatoms. The molecule has 2 aromatic carbocycles. The van der Waals surface area contributed by atoms with E-state index in [2.05, 4.69) is 5.32 Å². The first-order valence-corrected chi connectivity index (χ1v) is 10.8. The van der Waals surface area contributed by atoms with Crippen LogP contribution in [0.25, 0.3) is 0 Å². The van der Waals surface area contributed by atoms with Gasteiger partial charge in [-0.15, -0.1) is 0 Å². The third kappa shape index (κ3) is 5.09. The Morgan fingerprint density at radius 2 is 1.67 bits per heavy atom. The van der Waals surface area contributed by atoms with Crippen LogP contribution in [0, 0.1) is 5.92 Å². The molecule has 2 aromatic rings. The number of piperidine rings is 1. The summed E-state index contributed by atoms with van der Waals surface area (Å²) in [5.41, 5.74) is 0.806. The first-order valence-electron chi connectivity index (χ1n) is 9.02. The summed E-state index contributed by atoms with van der Waals surface area (Å²) in [6.45, 7) is 1.51. The molecule has 0 aliphatic carbocycles. The van der Waals surface area contributed by atoms with E-state index in [1.165, 1.54) is 4.31 Å². The van der Waals surface area contributed by atoms with Crippen molar-refractivity contribution < 1.29 is 13.2 Å². The van der Waals surface area contributed by atoms with E-state index in [1.807, 2.05) is 18.2 Å². The van der Waals surface area contributed by atoms with Crippen LogP contribution in [0.4, 0.5) is 0 Å². The summed E-state index contributed by atoms with van der Waals surface area (Å²) in [5, 5.41) is 3.54. The van der Waals surface area contributed by atoms with Crippen molar-refractivity contribution in [3.63, 3.8) is 0 Å². The second kappa shape index (κ2) is 8.87. The smallest absolute Gasteiger partial charge is 0.243 e. The molecular formula is C20H23ClN2O3S. The van der Waals surface area contributed by atoms with Gasteiger partial charge in [0.05, 0.1) is 11.3 Å². The molecule has 5 nitrogen and oxygen atoms in total. The van der Waals surface area contributed by atoms with E-state index in [0.29, 0.717) is 29.6 Å². The third-order valence-corrected chi connectivity index (χ3v) is 7.13. The van der Waals surface area contributed by atoms with Gasteiger partial charge in [-0.25, -0.2) is 8.42 Å². The molecule has 3 rings (SSSR count). The van der Waals surface area contributed by atoms with Crippen molar-refractivity contribution in [3.05, 3.63) is 65.2 Å². The van der Waals surface area contributed by atoms with Gasteiger partial charge in [-0.05, 0) is 42.5 Å². The predicted molar refractivity (Wildman–Crippen MR) is 106 cm³/mol. The number of halogens is 1. The number of amides is 1. The van der Waals surface area contributed by atoms with Crippen molar-refractivity contribution in [2.45, 2.75) is 24.2 Å². The summed E-state index contributed by atoms with van der Waals surface area (Å²) >= 11 is 6.08. The molecule has 1 heterocycles. The van der Waals surface area contributed by atoms with Crippen LogP contribution < -0.4 is 5.32 Å². The lowest BCUT2D eigenvalue weighted by molar-refractivity contribution is -0.120. The van der Waals surface area contributed by atoms with Crippen LogP contribution in [-0.4, -0.2) is 38.3 Å². The maximum atomic E-state index is 12.6. The number of hydrogen-bond donors (Lipinski definition) is 1.